The molecule has 0 aliphatic carbocycles. The van der Waals surface area contributed by atoms with E-state index in [2.05, 4.69) is 31.1 Å². The number of aliphatic hydroxyl groups is 1. The van der Waals surface area contributed by atoms with Gasteiger partial charge in [-0.3, -0.25) is 4.90 Å². The predicted octanol–water partition coefficient (Wildman–Crippen LogP) is -0.341. The summed E-state index contributed by atoms with van der Waals surface area (Å²) in [6.07, 6.45) is -0.192. The number of aliphatic hydroxyl groups excluding tert-OH is 1. The highest BCUT2D eigenvalue weighted by Gasteiger charge is 2.29. The molecule has 0 aromatic heterocycles. The lowest BCUT2D eigenvalue weighted by Gasteiger charge is -2.29. The maximum absolute atomic E-state index is 9.50. The quantitative estimate of drug-likeness (QED) is 0.577. The molecule has 0 bridgehead atoms. The smallest absolute Gasteiger partial charge is 0.0831 e. The van der Waals surface area contributed by atoms with Gasteiger partial charge in [0.15, 0.2) is 0 Å². The molecule has 66 valence electrons. The van der Waals surface area contributed by atoms with Crippen molar-refractivity contribution in [3.8, 4) is 0 Å². The summed E-state index contributed by atoms with van der Waals surface area (Å²) >= 11 is 0. The van der Waals surface area contributed by atoms with E-state index in [1.165, 1.54) is 0 Å². The van der Waals surface area contributed by atoms with Crippen molar-refractivity contribution in [2.75, 3.05) is 20.1 Å². The van der Waals surface area contributed by atoms with Gasteiger partial charge in [-0.15, -0.1) is 0 Å². The van der Waals surface area contributed by atoms with E-state index in [0.717, 1.165) is 13.1 Å². The Labute approximate surface area is 68.4 Å². The van der Waals surface area contributed by atoms with E-state index in [0.29, 0.717) is 12.1 Å². The highest BCUT2D eigenvalue weighted by Crippen LogP contribution is 2.09. The van der Waals surface area contributed by atoms with Crippen molar-refractivity contribution in [1.29, 1.82) is 0 Å². The Morgan fingerprint density at radius 2 is 2.09 bits per heavy atom. The van der Waals surface area contributed by atoms with Crippen LogP contribution in [0.3, 0.4) is 0 Å². The molecule has 2 N–H and O–H groups in total. The molecular formula is C8H18N2O. The second kappa shape index (κ2) is 3.52. The maximum atomic E-state index is 9.50. The zero-order valence-corrected chi connectivity index (χ0v) is 7.54. The van der Waals surface area contributed by atoms with Gasteiger partial charge in [0.05, 0.1) is 6.10 Å². The number of rotatable bonds is 2. The lowest BCUT2D eigenvalue weighted by atomic mass is 10.1. The summed E-state index contributed by atoms with van der Waals surface area (Å²) in [5, 5.41) is 12.7. The fraction of sp³-hybridized carbons (Fsp3) is 1.00. The van der Waals surface area contributed by atoms with Crippen LogP contribution < -0.4 is 5.32 Å². The fourth-order valence-electron chi connectivity index (χ4n) is 1.45. The summed E-state index contributed by atoms with van der Waals surface area (Å²) in [5.41, 5.74) is 0. The zero-order valence-electron chi connectivity index (χ0n) is 7.54. The van der Waals surface area contributed by atoms with E-state index >= 15 is 0 Å². The lowest BCUT2D eigenvalue weighted by molar-refractivity contribution is 0.0823. The third kappa shape index (κ3) is 1.92. The van der Waals surface area contributed by atoms with Crippen LogP contribution in [-0.4, -0.2) is 48.3 Å². The Balaban J connectivity index is 2.45. The molecule has 1 aliphatic heterocycles. The molecule has 1 heterocycles. The lowest BCUT2D eigenvalue weighted by Crippen LogP contribution is -2.44. The van der Waals surface area contributed by atoms with Crippen LogP contribution in [0.15, 0.2) is 0 Å². The third-order valence-electron chi connectivity index (χ3n) is 2.49. The Morgan fingerprint density at radius 3 is 2.45 bits per heavy atom. The molecule has 2 atom stereocenters. The molecular weight excluding hydrogens is 140 g/mol. The van der Waals surface area contributed by atoms with Crippen LogP contribution in [0.2, 0.25) is 0 Å². The zero-order chi connectivity index (χ0) is 8.43. The molecule has 2 unspecified atom stereocenters. The minimum absolute atomic E-state index is 0.192. The fourth-order valence-corrected chi connectivity index (χ4v) is 1.45. The van der Waals surface area contributed by atoms with Crippen LogP contribution in [0, 0.1) is 0 Å². The predicted molar refractivity (Wildman–Crippen MR) is 45.6 cm³/mol. The first kappa shape index (κ1) is 8.97. The number of nitrogens with zero attached hydrogens (tertiary/aromatic N) is 1. The molecule has 0 spiro atoms. The average molecular weight is 158 g/mol. The van der Waals surface area contributed by atoms with Crippen molar-refractivity contribution in [3.05, 3.63) is 0 Å². The Hall–Kier alpha value is -0.120. The summed E-state index contributed by atoms with van der Waals surface area (Å²) in [4.78, 5) is 2.21. The van der Waals surface area contributed by atoms with Gasteiger partial charge in [0.1, 0.15) is 0 Å². The normalized spacial score (nSPS) is 32.2. The van der Waals surface area contributed by atoms with Crippen molar-refractivity contribution in [2.24, 2.45) is 0 Å². The van der Waals surface area contributed by atoms with Crippen LogP contribution in [0.1, 0.15) is 13.8 Å². The van der Waals surface area contributed by atoms with Gasteiger partial charge in [-0.1, -0.05) is 0 Å². The molecule has 0 radical (unpaired) electrons. The summed E-state index contributed by atoms with van der Waals surface area (Å²) in [5.74, 6) is 0. The van der Waals surface area contributed by atoms with E-state index in [1.54, 1.807) is 0 Å². The SMILES string of the molecule is CC(C)N(C)C1CNCC1O. The van der Waals surface area contributed by atoms with Crippen LogP contribution in [-0.2, 0) is 0 Å². The molecule has 3 nitrogen and oxygen atoms in total. The summed E-state index contributed by atoms with van der Waals surface area (Å²) in [6, 6.07) is 0.810. The van der Waals surface area contributed by atoms with Gasteiger partial charge in [-0.05, 0) is 20.9 Å². The van der Waals surface area contributed by atoms with Crippen molar-refractivity contribution >= 4 is 0 Å². The molecule has 0 saturated carbocycles. The average Bonchev–Trinajstić information content (AvgIpc) is 2.33. The topological polar surface area (TPSA) is 35.5 Å². The van der Waals surface area contributed by atoms with Crippen LogP contribution in [0.4, 0.5) is 0 Å². The van der Waals surface area contributed by atoms with Gasteiger partial charge in [-0.25, -0.2) is 0 Å². The molecule has 1 aliphatic rings. The van der Waals surface area contributed by atoms with Crippen molar-refractivity contribution in [1.82, 2.24) is 10.2 Å². The molecule has 0 aromatic rings. The first-order valence-electron chi connectivity index (χ1n) is 4.23. The van der Waals surface area contributed by atoms with Crippen molar-refractivity contribution in [2.45, 2.75) is 32.0 Å². The number of hydrogen-bond acceptors (Lipinski definition) is 3. The van der Waals surface area contributed by atoms with E-state index in [-0.39, 0.29) is 6.10 Å². The van der Waals surface area contributed by atoms with Crippen LogP contribution >= 0.6 is 0 Å². The third-order valence-corrected chi connectivity index (χ3v) is 2.49. The number of likely N-dealkylation sites (N-methyl/N-ethyl adjacent to an activating group) is 1. The van der Waals surface area contributed by atoms with E-state index in [4.69, 9.17) is 0 Å². The molecule has 1 saturated heterocycles. The molecule has 1 rings (SSSR count). The second-order valence-electron chi connectivity index (χ2n) is 3.55. The highest BCUT2D eigenvalue weighted by molar-refractivity contribution is 4.88. The molecule has 0 amide bonds. The Morgan fingerprint density at radius 1 is 1.45 bits per heavy atom. The molecule has 0 aromatic carbocycles. The number of β-amino-alcohol motifs (C(OH)–C–C–N with tert-alkyl or cyclic N) is 1. The van der Waals surface area contributed by atoms with Crippen LogP contribution in [0.25, 0.3) is 0 Å². The first-order chi connectivity index (χ1) is 5.13. The minimum atomic E-state index is -0.192. The summed E-state index contributed by atoms with van der Waals surface area (Å²) in [7, 11) is 2.06. The highest BCUT2D eigenvalue weighted by atomic mass is 16.3. The van der Waals surface area contributed by atoms with Gasteiger partial charge in [0.25, 0.3) is 0 Å². The molecule has 1 fully saturated rings. The maximum Gasteiger partial charge on any atom is 0.0831 e. The van der Waals surface area contributed by atoms with Gasteiger partial charge < -0.3 is 10.4 Å². The second-order valence-corrected chi connectivity index (χ2v) is 3.55. The van der Waals surface area contributed by atoms with Gasteiger partial charge in [0.2, 0.25) is 0 Å². The van der Waals surface area contributed by atoms with Gasteiger partial charge in [-0.2, -0.15) is 0 Å². The van der Waals surface area contributed by atoms with Crippen molar-refractivity contribution in [3.63, 3.8) is 0 Å². The van der Waals surface area contributed by atoms with E-state index in [1.807, 2.05) is 0 Å². The first-order valence-corrected chi connectivity index (χ1v) is 4.23. The van der Waals surface area contributed by atoms with E-state index in [9.17, 15) is 5.11 Å². The van der Waals surface area contributed by atoms with E-state index < -0.39 is 0 Å². The van der Waals surface area contributed by atoms with Gasteiger partial charge >= 0.3 is 0 Å². The molecule has 11 heavy (non-hydrogen) atoms. The Bertz CT molecular complexity index is 127. The van der Waals surface area contributed by atoms with Gasteiger partial charge in [0, 0.05) is 25.2 Å². The summed E-state index contributed by atoms with van der Waals surface area (Å²) < 4.78 is 0. The Kier molecular flexibility index (Phi) is 2.87. The van der Waals surface area contributed by atoms with Crippen molar-refractivity contribution < 1.29 is 5.11 Å². The largest absolute Gasteiger partial charge is 0.390 e. The summed E-state index contributed by atoms with van der Waals surface area (Å²) in [6.45, 7) is 5.94. The minimum Gasteiger partial charge on any atom is -0.390 e. The van der Waals surface area contributed by atoms with Crippen LogP contribution in [0.5, 0.6) is 0 Å². The number of hydrogen-bond donors (Lipinski definition) is 2. The monoisotopic (exact) mass is 158 g/mol. The standard InChI is InChI=1S/C8H18N2O/c1-6(2)10(3)7-4-9-5-8(7)11/h6-9,11H,4-5H2,1-3H3. The number of nitrogens with one attached hydrogen (secondary N) is 1. The molecule has 3 heteroatoms.